The highest BCUT2D eigenvalue weighted by atomic mass is 16.5. The summed E-state index contributed by atoms with van der Waals surface area (Å²) in [4.78, 5) is 12.0. The van der Waals surface area contributed by atoms with Crippen LogP contribution in [0.3, 0.4) is 0 Å². The van der Waals surface area contributed by atoms with E-state index in [0.717, 1.165) is 24.5 Å². The summed E-state index contributed by atoms with van der Waals surface area (Å²) in [5.74, 6) is 1.31. The fourth-order valence-electron chi connectivity index (χ4n) is 2.49. The van der Waals surface area contributed by atoms with Gasteiger partial charge in [0.25, 0.3) is 5.91 Å². The summed E-state index contributed by atoms with van der Waals surface area (Å²) in [6.07, 6.45) is 5.60. The van der Waals surface area contributed by atoms with Crippen LogP contribution in [0.5, 0.6) is 5.75 Å². The molecule has 4 heteroatoms. The van der Waals surface area contributed by atoms with Gasteiger partial charge in [-0.05, 0) is 49.8 Å². The highest BCUT2D eigenvalue weighted by molar-refractivity contribution is 5.95. The zero-order valence-electron chi connectivity index (χ0n) is 12.2. The van der Waals surface area contributed by atoms with E-state index in [0.29, 0.717) is 11.3 Å². The Labute approximate surface area is 120 Å². The lowest BCUT2D eigenvalue weighted by Gasteiger charge is -2.21. The Morgan fingerprint density at radius 2 is 2.15 bits per heavy atom. The summed E-state index contributed by atoms with van der Waals surface area (Å²) in [6, 6.07) is 7.08. The number of carbonyl (C=O) groups is 1. The first-order valence-corrected chi connectivity index (χ1v) is 7.22. The molecule has 0 atom stereocenters. The van der Waals surface area contributed by atoms with E-state index in [2.05, 4.69) is 17.5 Å². The quantitative estimate of drug-likeness (QED) is 0.856. The van der Waals surface area contributed by atoms with Crippen molar-refractivity contribution in [2.75, 3.05) is 7.11 Å². The second-order valence-electron chi connectivity index (χ2n) is 5.20. The summed E-state index contributed by atoms with van der Waals surface area (Å²) >= 11 is 0. The third kappa shape index (κ3) is 3.83. The second kappa shape index (κ2) is 7.08. The number of ether oxygens (including phenoxy) is 1. The Bertz CT molecular complexity index is 487. The molecule has 1 amide bonds. The summed E-state index contributed by atoms with van der Waals surface area (Å²) in [5, 5.41) is 4.26. The minimum absolute atomic E-state index is 0.186. The number of benzene rings is 1. The molecule has 1 aliphatic rings. The molecular weight excluding hydrogens is 252 g/mol. The van der Waals surface area contributed by atoms with Gasteiger partial charge in [0.15, 0.2) is 0 Å². The van der Waals surface area contributed by atoms with Crippen LogP contribution < -0.4 is 10.2 Å². The molecule has 0 spiro atoms. The van der Waals surface area contributed by atoms with Gasteiger partial charge in [-0.3, -0.25) is 4.79 Å². The largest absolute Gasteiger partial charge is 0.497 e. The van der Waals surface area contributed by atoms with E-state index < -0.39 is 0 Å². The molecule has 0 unspecified atom stereocenters. The van der Waals surface area contributed by atoms with Gasteiger partial charge >= 0.3 is 0 Å². The van der Waals surface area contributed by atoms with Crippen LogP contribution in [0.2, 0.25) is 0 Å². The minimum Gasteiger partial charge on any atom is -0.497 e. The Morgan fingerprint density at radius 3 is 2.80 bits per heavy atom. The Hall–Kier alpha value is -1.84. The fourth-order valence-corrected chi connectivity index (χ4v) is 2.49. The molecule has 0 aromatic heterocycles. The molecule has 0 saturated heterocycles. The van der Waals surface area contributed by atoms with Crippen LogP contribution in [-0.2, 0) is 0 Å². The molecule has 0 radical (unpaired) electrons. The zero-order valence-corrected chi connectivity index (χ0v) is 12.2. The molecule has 2 rings (SSSR count). The predicted octanol–water partition coefficient (Wildman–Crippen LogP) is 3.38. The van der Waals surface area contributed by atoms with E-state index in [9.17, 15) is 4.79 Å². The maximum atomic E-state index is 12.0. The SMILES string of the molecule is CCC1CCC(=NNC(=O)c2cccc(OC)c2)CC1. The average molecular weight is 274 g/mol. The molecule has 0 aliphatic heterocycles. The Balaban J connectivity index is 1.91. The predicted molar refractivity (Wildman–Crippen MR) is 80.1 cm³/mol. The van der Waals surface area contributed by atoms with E-state index >= 15 is 0 Å². The molecule has 4 nitrogen and oxygen atoms in total. The molecule has 1 aromatic carbocycles. The number of hydrogen-bond acceptors (Lipinski definition) is 3. The van der Waals surface area contributed by atoms with E-state index in [1.165, 1.54) is 19.3 Å². The maximum Gasteiger partial charge on any atom is 0.271 e. The smallest absolute Gasteiger partial charge is 0.271 e. The van der Waals surface area contributed by atoms with Crippen LogP contribution in [0.25, 0.3) is 0 Å². The van der Waals surface area contributed by atoms with Gasteiger partial charge in [0.1, 0.15) is 5.75 Å². The van der Waals surface area contributed by atoms with Gasteiger partial charge in [-0.1, -0.05) is 19.4 Å². The number of nitrogens with one attached hydrogen (secondary N) is 1. The molecule has 20 heavy (non-hydrogen) atoms. The number of nitrogens with zero attached hydrogens (tertiary/aromatic N) is 1. The van der Waals surface area contributed by atoms with Gasteiger partial charge in [-0.2, -0.15) is 5.10 Å². The van der Waals surface area contributed by atoms with Crippen LogP contribution >= 0.6 is 0 Å². The molecule has 0 bridgehead atoms. The second-order valence-corrected chi connectivity index (χ2v) is 5.20. The molecule has 1 N–H and O–H groups in total. The normalized spacial score (nSPS) is 18.5. The van der Waals surface area contributed by atoms with Gasteiger partial charge in [0, 0.05) is 11.3 Å². The van der Waals surface area contributed by atoms with E-state index in [-0.39, 0.29) is 5.91 Å². The summed E-state index contributed by atoms with van der Waals surface area (Å²) in [6.45, 7) is 2.23. The molecule has 108 valence electrons. The first-order valence-electron chi connectivity index (χ1n) is 7.22. The summed E-state index contributed by atoms with van der Waals surface area (Å²) < 4.78 is 5.11. The molecule has 1 aromatic rings. The fraction of sp³-hybridized carbons (Fsp3) is 0.500. The van der Waals surface area contributed by atoms with Crippen molar-refractivity contribution < 1.29 is 9.53 Å². The van der Waals surface area contributed by atoms with Crippen LogP contribution in [0, 0.1) is 5.92 Å². The van der Waals surface area contributed by atoms with Crippen molar-refractivity contribution in [3.05, 3.63) is 29.8 Å². The number of methoxy groups -OCH3 is 1. The highest BCUT2D eigenvalue weighted by Gasteiger charge is 2.16. The highest BCUT2D eigenvalue weighted by Crippen LogP contribution is 2.24. The van der Waals surface area contributed by atoms with Gasteiger partial charge in [0.05, 0.1) is 7.11 Å². The zero-order chi connectivity index (χ0) is 14.4. The molecule has 1 saturated carbocycles. The summed E-state index contributed by atoms with van der Waals surface area (Å²) in [7, 11) is 1.59. The van der Waals surface area contributed by atoms with Crippen molar-refractivity contribution in [3.63, 3.8) is 0 Å². The van der Waals surface area contributed by atoms with Crippen LogP contribution in [0.15, 0.2) is 29.4 Å². The van der Waals surface area contributed by atoms with E-state index in [1.807, 2.05) is 6.07 Å². The van der Waals surface area contributed by atoms with Crippen molar-refractivity contribution in [1.29, 1.82) is 0 Å². The molecule has 1 fully saturated rings. The van der Waals surface area contributed by atoms with E-state index in [1.54, 1.807) is 25.3 Å². The minimum atomic E-state index is -0.186. The third-order valence-electron chi connectivity index (χ3n) is 3.91. The van der Waals surface area contributed by atoms with Gasteiger partial charge in [-0.25, -0.2) is 5.43 Å². The lowest BCUT2D eigenvalue weighted by molar-refractivity contribution is 0.0954. The third-order valence-corrected chi connectivity index (χ3v) is 3.91. The first-order chi connectivity index (χ1) is 9.72. The molecular formula is C16H22N2O2. The monoisotopic (exact) mass is 274 g/mol. The molecule has 1 aliphatic carbocycles. The Morgan fingerprint density at radius 1 is 1.40 bits per heavy atom. The number of amides is 1. The van der Waals surface area contributed by atoms with Crippen LogP contribution in [0.1, 0.15) is 49.4 Å². The topological polar surface area (TPSA) is 50.7 Å². The van der Waals surface area contributed by atoms with Crippen molar-refractivity contribution >= 4 is 11.6 Å². The van der Waals surface area contributed by atoms with Crippen LogP contribution in [-0.4, -0.2) is 18.7 Å². The van der Waals surface area contributed by atoms with Gasteiger partial charge in [-0.15, -0.1) is 0 Å². The number of carbonyl (C=O) groups excluding carboxylic acids is 1. The van der Waals surface area contributed by atoms with Gasteiger partial charge < -0.3 is 4.74 Å². The lowest BCUT2D eigenvalue weighted by Crippen LogP contribution is -2.22. The van der Waals surface area contributed by atoms with Crippen molar-refractivity contribution in [2.24, 2.45) is 11.0 Å². The van der Waals surface area contributed by atoms with Crippen LogP contribution in [0.4, 0.5) is 0 Å². The number of hydrazone groups is 1. The van der Waals surface area contributed by atoms with Crippen molar-refractivity contribution in [2.45, 2.75) is 39.0 Å². The number of hydrogen-bond donors (Lipinski definition) is 1. The number of rotatable bonds is 4. The summed E-state index contributed by atoms with van der Waals surface area (Å²) in [5.41, 5.74) is 4.31. The van der Waals surface area contributed by atoms with Crippen molar-refractivity contribution in [3.8, 4) is 5.75 Å². The average Bonchev–Trinajstić information content (AvgIpc) is 2.53. The van der Waals surface area contributed by atoms with Gasteiger partial charge in [0.2, 0.25) is 0 Å². The first kappa shape index (κ1) is 14.6. The lowest BCUT2D eigenvalue weighted by atomic mass is 9.86. The molecule has 0 heterocycles. The standard InChI is InChI=1S/C16H22N2O2/c1-3-12-7-9-14(10-8-12)17-18-16(19)13-5-4-6-15(11-13)20-2/h4-6,11-12H,3,7-10H2,1-2H3,(H,18,19). The Kier molecular flexibility index (Phi) is 5.16. The van der Waals surface area contributed by atoms with E-state index in [4.69, 9.17) is 4.74 Å². The van der Waals surface area contributed by atoms with Crippen molar-refractivity contribution in [1.82, 2.24) is 5.43 Å². The maximum absolute atomic E-state index is 12.0.